The number of aromatic nitrogens is 1. The quantitative estimate of drug-likeness (QED) is 0.859. The van der Waals surface area contributed by atoms with Gasteiger partial charge in [-0.05, 0) is 33.1 Å². The van der Waals surface area contributed by atoms with Gasteiger partial charge in [-0.3, -0.25) is 4.21 Å². The van der Waals surface area contributed by atoms with Crippen molar-refractivity contribution >= 4 is 28.2 Å². The van der Waals surface area contributed by atoms with Crippen LogP contribution in [0.3, 0.4) is 0 Å². The molecule has 1 amide bonds. The monoisotopic (exact) mass is 316 g/mol. The van der Waals surface area contributed by atoms with Crippen molar-refractivity contribution in [1.82, 2.24) is 9.88 Å². The second-order valence-electron chi connectivity index (χ2n) is 5.89. The molecule has 0 N–H and O–H groups in total. The highest BCUT2D eigenvalue weighted by Crippen LogP contribution is 2.22. The summed E-state index contributed by atoms with van der Waals surface area (Å²) in [6, 6.07) is 0. The highest BCUT2D eigenvalue weighted by Gasteiger charge is 2.31. The van der Waals surface area contributed by atoms with Crippen LogP contribution in [0, 0.1) is 5.92 Å². The van der Waals surface area contributed by atoms with Crippen molar-refractivity contribution < 1.29 is 13.7 Å². The molecule has 0 bridgehead atoms. The van der Waals surface area contributed by atoms with E-state index < -0.39 is 16.4 Å². The molecule has 7 heteroatoms. The molecule has 1 aliphatic heterocycles. The Morgan fingerprint density at radius 2 is 2.35 bits per heavy atom. The molecule has 0 unspecified atom stereocenters. The molecule has 2 rings (SSSR count). The smallest absolute Gasteiger partial charge is 0.410 e. The van der Waals surface area contributed by atoms with E-state index in [0.717, 1.165) is 6.42 Å². The van der Waals surface area contributed by atoms with Crippen LogP contribution in [-0.2, 0) is 15.5 Å². The Labute approximate surface area is 125 Å². The number of hydrogen-bond acceptors (Lipinski definition) is 5. The number of carbonyl (C=O) groups excluding carboxylic acids is 1. The Balaban J connectivity index is 1.83. The summed E-state index contributed by atoms with van der Waals surface area (Å²) in [7, 11) is -1.06. The molecule has 0 spiro atoms. The Morgan fingerprint density at radius 1 is 1.60 bits per heavy atom. The molecule has 0 radical (unpaired) electrons. The number of amides is 1. The van der Waals surface area contributed by atoms with E-state index >= 15 is 0 Å². The molecule has 1 aliphatic rings. The van der Waals surface area contributed by atoms with Gasteiger partial charge in [-0.15, -0.1) is 11.3 Å². The predicted molar refractivity (Wildman–Crippen MR) is 79.3 cm³/mol. The topological polar surface area (TPSA) is 59.5 Å². The number of carbonyl (C=O) groups is 1. The molecule has 1 aromatic rings. The molecule has 5 nitrogen and oxygen atoms in total. The fourth-order valence-electron chi connectivity index (χ4n) is 2.07. The Kier molecular flexibility index (Phi) is 4.80. The van der Waals surface area contributed by atoms with E-state index in [1.807, 2.05) is 26.2 Å². The summed E-state index contributed by atoms with van der Waals surface area (Å²) >= 11 is 1.41. The first-order chi connectivity index (χ1) is 9.35. The Bertz CT molecular complexity index is 482. The number of ether oxygens (including phenoxy) is 1. The van der Waals surface area contributed by atoms with Crippen molar-refractivity contribution in [2.45, 2.75) is 37.1 Å². The number of rotatable bonds is 3. The first kappa shape index (κ1) is 15.4. The van der Waals surface area contributed by atoms with E-state index in [1.165, 1.54) is 11.3 Å². The van der Waals surface area contributed by atoms with Gasteiger partial charge in [-0.1, -0.05) is 0 Å². The van der Waals surface area contributed by atoms with Crippen LogP contribution in [0.2, 0.25) is 0 Å². The van der Waals surface area contributed by atoms with Crippen LogP contribution < -0.4 is 0 Å². The maximum atomic E-state index is 12.1. The molecule has 1 aromatic heterocycles. The molecule has 2 atom stereocenters. The van der Waals surface area contributed by atoms with Gasteiger partial charge in [-0.2, -0.15) is 0 Å². The molecule has 1 saturated heterocycles. The summed E-state index contributed by atoms with van der Waals surface area (Å²) in [6.07, 6.45) is 2.26. The summed E-state index contributed by atoms with van der Waals surface area (Å²) < 4.78 is 18.1. The third-order valence-corrected chi connectivity index (χ3v) is 5.61. The normalized spacial score (nSPS) is 20.9. The van der Waals surface area contributed by atoms with Gasteiger partial charge in [0.05, 0.1) is 10.8 Å². The molecule has 20 heavy (non-hydrogen) atoms. The van der Waals surface area contributed by atoms with Crippen LogP contribution in [0.5, 0.6) is 0 Å². The van der Waals surface area contributed by atoms with Gasteiger partial charge in [0.1, 0.15) is 5.60 Å². The van der Waals surface area contributed by atoms with Crippen molar-refractivity contribution in [2.75, 3.05) is 18.8 Å². The molecular formula is C13H20N2O3S2. The van der Waals surface area contributed by atoms with Crippen molar-refractivity contribution in [3.05, 3.63) is 11.6 Å². The van der Waals surface area contributed by atoms with Gasteiger partial charge in [0.2, 0.25) is 0 Å². The van der Waals surface area contributed by atoms with Gasteiger partial charge >= 0.3 is 6.09 Å². The zero-order chi connectivity index (χ0) is 14.8. The zero-order valence-electron chi connectivity index (χ0n) is 12.0. The van der Waals surface area contributed by atoms with E-state index in [0.29, 0.717) is 23.2 Å². The highest BCUT2D eigenvalue weighted by atomic mass is 32.2. The fourth-order valence-corrected chi connectivity index (χ4v) is 4.25. The van der Waals surface area contributed by atoms with Gasteiger partial charge in [0.15, 0.2) is 4.34 Å². The van der Waals surface area contributed by atoms with E-state index in [-0.39, 0.29) is 12.0 Å². The average molecular weight is 316 g/mol. The van der Waals surface area contributed by atoms with E-state index in [9.17, 15) is 9.00 Å². The predicted octanol–water partition coefficient (Wildman–Crippen LogP) is 2.51. The zero-order valence-corrected chi connectivity index (χ0v) is 13.6. The summed E-state index contributed by atoms with van der Waals surface area (Å²) in [6.45, 7) is 6.86. The van der Waals surface area contributed by atoms with Gasteiger partial charge in [0, 0.05) is 30.4 Å². The molecule has 0 aliphatic carbocycles. The van der Waals surface area contributed by atoms with Crippen LogP contribution in [-0.4, -0.2) is 44.6 Å². The summed E-state index contributed by atoms with van der Waals surface area (Å²) in [5.74, 6) is 0.819. The average Bonchev–Trinajstić information content (AvgIpc) is 2.97. The second-order valence-corrected chi connectivity index (χ2v) is 8.46. The van der Waals surface area contributed by atoms with Gasteiger partial charge in [-0.25, -0.2) is 9.78 Å². The third kappa shape index (κ3) is 4.28. The maximum Gasteiger partial charge on any atom is 0.410 e. The summed E-state index contributed by atoms with van der Waals surface area (Å²) in [4.78, 5) is 17.7. The number of hydrogen-bond donors (Lipinski definition) is 0. The van der Waals surface area contributed by atoms with Crippen molar-refractivity contribution in [1.29, 1.82) is 0 Å². The largest absolute Gasteiger partial charge is 0.444 e. The second kappa shape index (κ2) is 6.22. The van der Waals surface area contributed by atoms with E-state index in [1.54, 1.807) is 11.1 Å². The SMILES string of the molecule is CC(C)(C)OC(=O)N1CC[C@H](C[S@@](=O)c2nccs2)C1. The van der Waals surface area contributed by atoms with E-state index in [4.69, 9.17) is 4.74 Å². The molecule has 1 fully saturated rings. The lowest BCUT2D eigenvalue weighted by Gasteiger charge is -2.24. The molecular weight excluding hydrogens is 296 g/mol. The molecule has 0 aromatic carbocycles. The van der Waals surface area contributed by atoms with Crippen LogP contribution in [0.25, 0.3) is 0 Å². The van der Waals surface area contributed by atoms with Crippen LogP contribution >= 0.6 is 11.3 Å². The highest BCUT2D eigenvalue weighted by molar-refractivity contribution is 7.87. The minimum atomic E-state index is -1.06. The first-order valence-corrected chi connectivity index (χ1v) is 8.81. The maximum absolute atomic E-state index is 12.1. The Hall–Kier alpha value is -0.950. The van der Waals surface area contributed by atoms with Gasteiger partial charge < -0.3 is 9.64 Å². The molecule has 0 saturated carbocycles. The van der Waals surface area contributed by atoms with E-state index in [2.05, 4.69) is 4.98 Å². The van der Waals surface area contributed by atoms with Gasteiger partial charge in [0.25, 0.3) is 0 Å². The third-order valence-electron chi connectivity index (χ3n) is 2.93. The lowest BCUT2D eigenvalue weighted by molar-refractivity contribution is 0.0289. The van der Waals surface area contributed by atoms with Crippen molar-refractivity contribution in [2.24, 2.45) is 5.92 Å². The Morgan fingerprint density at radius 3 is 2.95 bits per heavy atom. The van der Waals surface area contributed by atoms with Crippen molar-refractivity contribution in [3.8, 4) is 0 Å². The lowest BCUT2D eigenvalue weighted by atomic mass is 10.2. The van der Waals surface area contributed by atoms with Crippen molar-refractivity contribution in [3.63, 3.8) is 0 Å². The first-order valence-electron chi connectivity index (χ1n) is 6.61. The summed E-state index contributed by atoms with van der Waals surface area (Å²) in [5, 5.41) is 1.83. The van der Waals surface area contributed by atoms with Crippen LogP contribution in [0.15, 0.2) is 15.9 Å². The minimum absolute atomic E-state index is 0.257. The number of likely N-dealkylation sites (tertiary alicyclic amines) is 1. The number of thiazole rings is 1. The minimum Gasteiger partial charge on any atom is -0.444 e. The molecule has 2 heterocycles. The van der Waals surface area contributed by atoms with Crippen LogP contribution in [0.4, 0.5) is 4.79 Å². The fraction of sp³-hybridized carbons (Fsp3) is 0.692. The lowest BCUT2D eigenvalue weighted by Crippen LogP contribution is -2.35. The standard InChI is InChI=1S/C13H20N2O3S2/c1-13(2,3)18-12(16)15-6-4-10(8-15)9-20(17)11-14-5-7-19-11/h5,7,10H,4,6,8-9H2,1-3H3/t10-,20+/m0/s1. The number of nitrogens with zero attached hydrogens (tertiary/aromatic N) is 2. The summed E-state index contributed by atoms with van der Waals surface area (Å²) in [5.41, 5.74) is -0.473. The van der Waals surface area contributed by atoms with Crippen LogP contribution in [0.1, 0.15) is 27.2 Å². The molecule has 112 valence electrons.